The summed E-state index contributed by atoms with van der Waals surface area (Å²) in [5, 5.41) is 0. The molecule has 0 fully saturated rings. The molecular formula is C13H19NO2. The van der Waals surface area contributed by atoms with Crippen molar-refractivity contribution in [2.45, 2.75) is 19.4 Å². The fraction of sp³-hybridized carbons (Fsp3) is 0.385. The summed E-state index contributed by atoms with van der Waals surface area (Å²) in [5.74, 6) is 1.50. The smallest absolute Gasteiger partial charge is 0.161 e. The summed E-state index contributed by atoms with van der Waals surface area (Å²) in [7, 11) is 1.63. The van der Waals surface area contributed by atoms with Crippen molar-refractivity contribution in [2.24, 2.45) is 5.73 Å². The number of hydrogen-bond acceptors (Lipinski definition) is 3. The van der Waals surface area contributed by atoms with Crippen LogP contribution in [-0.4, -0.2) is 13.7 Å². The maximum Gasteiger partial charge on any atom is 0.161 e. The zero-order chi connectivity index (χ0) is 11.8. The van der Waals surface area contributed by atoms with Gasteiger partial charge in [0.15, 0.2) is 11.5 Å². The number of methoxy groups -OCH3 is 1. The third-order valence-electron chi connectivity index (χ3n) is 2.27. The van der Waals surface area contributed by atoms with Crippen molar-refractivity contribution in [3.63, 3.8) is 0 Å². The maximum absolute atomic E-state index is 5.62. The Morgan fingerprint density at radius 1 is 1.38 bits per heavy atom. The largest absolute Gasteiger partial charge is 0.493 e. The molecule has 0 aliphatic rings. The van der Waals surface area contributed by atoms with E-state index in [9.17, 15) is 0 Å². The van der Waals surface area contributed by atoms with Crippen LogP contribution in [0.2, 0.25) is 0 Å². The molecule has 0 spiro atoms. The molecule has 1 aromatic rings. The average Bonchev–Trinajstić information content (AvgIpc) is 2.34. The molecule has 88 valence electrons. The van der Waals surface area contributed by atoms with E-state index in [2.05, 4.69) is 6.58 Å². The van der Waals surface area contributed by atoms with Gasteiger partial charge in [0.05, 0.1) is 13.7 Å². The molecule has 2 N–H and O–H groups in total. The van der Waals surface area contributed by atoms with Gasteiger partial charge in [-0.3, -0.25) is 0 Å². The average molecular weight is 221 g/mol. The highest BCUT2D eigenvalue weighted by Crippen LogP contribution is 2.28. The SMILES string of the molecule is C=CCCCOc1ccc(CN)cc1OC. The summed E-state index contributed by atoms with van der Waals surface area (Å²) in [6, 6.07) is 5.75. The number of unbranched alkanes of at least 4 members (excludes halogenated alkanes) is 1. The number of ether oxygens (including phenoxy) is 2. The van der Waals surface area contributed by atoms with Gasteiger partial charge in [-0.05, 0) is 30.5 Å². The van der Waals surface area contributed by atoms with Crippen molar-refractivity contribution in [3.8, 4) is 11.5 Å². The first-order valence-electron chi connectivity index (χ1n) is 5.42. The zero-order valence-electron chi connectivity index (χ0n) is 9.74. The number of allylic oxidation sites excluding steroid dienone is 1. The molecule has 0 amide bonds. The monoisotopic (exact) mass is 221 g/mol. The van der Waals surface area contributed by atoms with Gasteiger partial charge in [-0.2, -0.15) is 0 Å². The highest BCUT2D eigenvalue weighted by Gasteiger charge is 2.04. The molecule has 3 heteroatoms. The summed E-state index contributed by atoms with van der Waals surface area (Å²) in [4.78, 5) is 0. The Kier molecular flexibility index (Phi) is 5.43. The van der Waals surface area contributed by atoms with Crippen LogP contribution in [0, 0.1) is 0 Å². The Bertz CT molecular complexity index is 337. The Morgan fingerprint density at radius 2 is 2.19 bits per heavy atom. The quantitative estimate of drug-likeness (QED) is 0.568. The Hall–Kier alpha value is -1.48. The second-order valence-corrected chi connectivity index (χ2v) is 3.47. The summed E-state index contributed by atoms with van der Waals surface area (Å²) < 4.78 is 10.9. The van der Waals surface area contributed by atoms with E-state index in [1.54, 1.807) is 7.11 Å². The molecule has 0 saturated heterocycles. The molecule has 1 rings (SSSR count). The molecular weight excluding hydrogens is 202 g/mol. The van der Waals surface area contributed by atoms with Crippen molar-refractivity contribution in [2.75, 3.05) is 13.7 Å². The molecule has 0 atom stereocenters. The van der Waals surface area contributed by atoms with Gasteiger partial charge < -0.3 is 15.2 Å². The van der Waals surface area contributed by atoms with Crippen LogP contribution in [0.3, 0.4) is 0 Å². The van der Waals surface area contributed by atoms with Crippen LogP contribution in [0.25, 0.3) is 0 Å². The highest BCUT2D eigenvalue weighted by atomic mass is 16.5. The Morgan fingerprint density at radius 3 is 2.81 bits per heavy atom. The molecule has 0 aromatic heterocycles. The number of benzene rings is 1. The topological polar surface area (TPSA) is 44.5 Å². The van der Waals surface area contributed by atoms with E-state index in [1.807, 2.05) is 24.3 Å². The maximum atomic E-state index is 5.62. The van der Waals surface area contributed by atoms with E-state index in [-0.39, 0.29) is 0 Å². The molecule has 0 unspecified atom stereocenters. The lowest BCUT2D eigenvalue weighted by Crippen LogP contribution is -2.01. The van der Waals surface area contributed by atoms with Crippen LogP contribution in [-0.2, 0) is 6.54 Å². The van der Waals surface area contributed by atoms with Gasteiger partial charge in [0, 0.05) is 6.54 Å². The van der Waals surface area contributed by atoms with Gasteiger partial charge in [-0.1, -0.05) is 12.1 Å². The molecule has 0 bridgehead atoms. The lowest BCUT2D eigenvalue weighted by Gasteiger charge is -2.11. The van der Waals surface area contributed by atoms with Crippen LogP contribution in [0.1, 0.15) is 18.4 Å². The second-order valence-electron chi connectivity index (χ2n) is 3.47. The van der Waals surface area contributed by atoms with E-state index < -0.39 is 0 Å². The van der Waals surface area contributed by atoms with Gasteiger partial charge in [0.1, 0.15) is 0 Å². The lowest BCUT2D eigenvalue weighted by atomic mass is 10.2. The molecule has 0 radical (unpaired) electrons. The van der Waals surface area contributed by atoms with Crippen LogP contribution < -0.4 is 15.2 Å². The molecule has 3 nitrogen and oxygen atoms in total. The molecule has 0 aliphatic carbocycles. The predicted molar refractivity (Wildman–Crippen MR) is 65.8 cm³/mol. The molecule has 0 saturated carbocycles. The fourth-order valence-electron chi connectivity index (χ4n) is 1.37. The van der Waals surface area contributed by atoms with E-state index >= 15 is 0 Å². The molecule has 1 aromatic carbocycles. The van der Waals surface area contributed by atoms with Crippen molar-refractivity contribution in [1.29, 1.82) is 0 Å². The van der Waals surface area contributed by atoms with Gasteiger partial charge in [0.25, 0.3) is 0 Å². The lowest BCUT2D eigenvalue weighted by molar-refractivity contribution is 0.290. The second kappa shape index (κ2) is 6.90. The molecule has 16 heavy (non-hydrogen) atoms. The summed E-state index contributed by atoms with van der Waals surface area (Å²) in [6.45, 7) is 4.85. The van der Waals surface area contributed by atoms with Gasteiger partial charge in [-0.15, -0.1) is 6.58 Å². The van der Waals surface area contributed by atoms with Gasteiger partial charge in [-0.25, -0.2) is 0 Å². The number of nitrogens with two attached hydrogens (primary N) is 1. The van der Waals surface area contributed by atoms with E-state index in [1.165, 1.54) is 0 Å². The van der Waals surface area contributed by atoms with Crippen LogP contribution in [0.4, 0.5) is 0 Å². The number of rotatable bonds is 7. The van der Waals surface area contributed by atoms with E-state index in [4.69, 9.17) is 15.2 Å². The summed E-state index contributed by atoms with van der Waals surface area (Å²) >= 11 is 0. The summed E-state index contributed by atoms with van der Waals surface area (Å²) in [6.07, 6.45) is 3.81. The predicted octanol–water partition coefficient (Wildman–Crippen LogP) is 2.50. The number of hydrogen-bond donors (Lipinski definition) is 1. The zero-order valence-corrected chi connectivity index (χ0v) is 9.74. The van der Waals surface area contributed by atoms with Crippen molar-refractivity contribution >= 4 is 0 Å². The first kappa shape index (κ1) is 12.6. The third kappa shape index (κ3) is 3.59. The standard InChI is InChI=1S/C13H19NO2/c1-3-4-5-8-16-12-7-6-11(10-14)9-13(12)15-2/h3,6-7,9H,1,4-5,8,10,14H2,2H3. The van der Waals surface area contributed by atoms with Crippen molar-refractivity contribution in [1.82, 2.24) is 0 Å². The van der Waals surface area contributed by atoms with Crippen LogP contribution >= 0.6 is 0 Å². The Labute approximate surface area is 96.9 Å². The van der Waals surface area contributed by atoms with Crippen molar-refractivity contribution < 1.29 is 9.47 Å². The first-order chi connectivity index (χ1) is 7.81. The first-order valence-corrected chi connectivity index (χ1v) is 5.42. The Balaban J connectivity index is 2.60. The van der Waals surface area contributed by atoms with Gasteiger partial charge in [0.2, 0.25) is 0 Å². The summed E-state index contributed by atoms with van der Waals surface area (Å²) in [5.41, 5.74) is 6.59. The van der Waals surface area contributed by atoms with Crippen LogP contribution in [0.15, 0.2) is 30.9 Å². The normalized spacial score (nSPS) is 9.88. The minimum atomic E-state index is 0.507. The molecule has 0 heterocycles. The minimum absolute atomic E-state index is 0.507. The van der Waals surface area contributed by atoms with Crippen LogP contribution in [0.5, 0.6) is 11.5 Å². The van der Waals surface area contributed by atoms with Crippen molar-refractivity contribution in [3.05, 3.63) is 36.4 Å². The molecule has 0 aliphatic heterocycles. The van der Waals surface area contributed by atoms with E-state index in [0.29, 0.717) is 13.2 Å². The fourth-order valence-corrected chi connectivity index (χ4v) is 1.37. The highest BCUT2D eigenvalue weighted by molar-refractivity contribution is 5.42. The van der Waals surface area contributed by atoms with E-state index in [0.717, 1.165) is 29.9 Å². The minimum Gasteiger partial charge on any atom is -0.493 e. The third-order valence-corrected chi connectivity index (χ3v) is 2.27. The van der Waals surface area contributed by atoms with Gasteiger partial charge >= 0.3 is 0 Å².